The van der Waals surface area contributed by atoms with Crippen LogP contribution in [0.5, 0.6) is 0 Å². The molecule has 344 valence electrons. The topological polar surface area (TPSA) is 30.9 Å². The van der Waals surface area contributed by atoms with E-state index in [0.29, 0.717) is 0 Å². The van der Waals surface area contributed by atoms with Crippen LogP contribution in [0.1, 0.15) is 25.0 Å². The molecule has 0 unspecified atom stereocenters. The van der Waals surface area contributed by atoms with Gasteiger partial charge in [0.15, 0.2) is 0 Å². The Hall–Kier alpha value is -9.45. The fourth-order valence-electron chi connectivity index (χ4n) is 12.4. The van der Waals surface area contributed by atoms with Crippen LogP contribution in [0.15, 0.2) is 249 Å². The number of fused-ring (bicyclic) bond motifs is 15. The maximum atomic E-state index is 5.45. The van der Waals surface area contributed by atoms with E-state index in [0.717, 1.165) is 93.7 Å². The van der Waals surface area contributed by atoms with Crippen molar-refractivity contribution in [1.29, 1.82) is 0 Å². The largest absolute Gasteiger partial charge is 0.310 e. The van der Waals surface area contributed by atoms with Gasteiger partial charge in [-0.05, 0) is 147 Å². The molecular weight excluding hydrogens is 887 g/mol. The number of hydrogen-bond acceptors (Lipinski definition) is 2. The maximum Gasteiger partial charge on any atom is 0.0786 e. The SMILES string of the molecule is CC1(C)c2ccccc2N(c2ccccc2)c2cc3c4cc(-n5c6ccccc6c6ccccc65)ccc4c4cc5c(cc4c4cccnc4c3cc21)n(-c1ccccc1)c1ccccc1n5-c1ccccc1. The molecule has 1 aliphatic rings. The molecule has 0 N–H and O–H groups in total. The lowest BCUT2D eigenvalue weighted by atomic mass is 9.72. The Morgan fingerprint density at radius 2 is 0.767 bits per heavy atom. The van der Waals surface area contributed by atoms with Gasteiger partial charge in [-0.15, -0.1) is 0 Å². The van der Waals surface area contributed by atoms with Gasteiger partial charge in [-0.3, -0.25) is 4.98 Å². The van der Waals surface area contributed by atoms with Crippen LogP contribution in [0.3, 0.4) is 0 Å². The van der Waals surface area contributed by atoms with Crippen molar-refractivity contribution in [3.8, 4) is 17.1 Å². The molecule has 5 heteroatoms. The van der Waals surface area contributed by atoms with Gasteiger partial charge in [0.1, 0.15) is 0 Å². The van der Waals surface area contributed by atoms with Crippen molar-refractivity contribution in [3.63, 3.8) is 0 Å². The van der Waals surface area contributed by atoms with Crippen molar-refractivity contribution in [1.82, 2.24) is 18.7 Å². The van der Waals surface area contributed by atoms with Crippen molar-refractivity contribution in [2.24, 2.45) is 0 Å². The molecule has 0 aliphatic carbocycles. The van der Waals surface area contributed by atoms with E-state index in [1.807, 2.05) is 6.20 Å². The third-order valence-corrected chi connectivity index (χ3v) is 15.6. The molecule has 73 heavy (non-hydrogen) atoms. The lowest BCUT2D eigenvalue weighted by Gasteiger charge is -2.42. The molecule has 3 aromatic heterocycles. The fraction of sp³-hybridized carbons (Fsp3) is 0.0441. The molecule has 0 atom stereocenters. The molecule has 1 aliphatic heterocycles. The molecule has 0 spiro atoms. The van der Waals surface area contributed by atoms with Gasteiger partial charge in [-0.2, -0.15) is 0 Å². The van der Waals surface area contributed by atoms with Crippen molar-refractivity contribution < 1.29 is 0 Å². The molecule has 15 rings (SSSR count). The van der Waals surface area contributed by atoms with Gasteiger partial charge >= 0.3 is 0 Å². The van der Waals surface area contributed by atoms with Crippen LogP contribution in [0.25, 0.3) is 104 Å². The number of anilines is 3. The quantitative estimate of drug-likeness (QED) is 0.165. The fourth-order valence-corrected chi connectivity index (χ4v) is 12.4. The summed E-state index contributed by atoms with van der Waals surface area (Å²) < 4.78 is 7.33. The molecule has 0 radical (unpaired) electrons. The van der Waals surface area contributed by atoms with Crippen molar-refractivity contribution in [2.45, 2.75) is 19.3 Å². The Balaban J connectivity index is 1.19. The van der Waals surface area contributed by atoms with Gasteiger partial charge in [-0.25, -0.2) is 0 Å². The average molecular weight is 934 g/mol. The summed E-state index contributed by atoms with van der Waals surface area (Å²) in [7, 11) is 0. The molecule has 0 saturated heterocycles. The molecule has 14 aromatic rings. The number of para-hydroxylation sites is 8. The van der Waals surface area contributed by atoms with Crippen molar-refractivity contribution >= 4 is 104 Å². The number of rotatable bonds is 4. The zero-order chi connectivity index (χ0) is 48.4. The Labute approximate surface area is 422 Å². The summed E-state index contributed by atoms with van der Waals surface area (Å²) in [5.74, 6) is 0. The Morgan fingerprint density at radius 3 is 1.40 bits per heavy atom. The first-order valence-electron chi connectivity index (χ1n) is 25.2. The van der Waals surface area contributed by atoms with Gasteiger partial charge < -0.3 is 18.6 Å². The van der Waals surface area contributed by atoms with Gasteiger partial charge in [0.2, 0.25) is 0 Å². The highest BCUT2D eigenvalue weighted by Crippen LogP contribution is 2.54. The minimum absolute atomic E-state index is 0.335. The van der Waals surface area contributed by atoms with Crippen LogP contribution in [0.2, 0.25) is 0 Å². The monoisotopic (exact) mass is 933 g/mol. The van der Waals surface area contributed by atoms with Gasteiger partial charge in [0.25, 0.3) is 0 Å². The van der Waals surface area contributed by atoms with Crippen molar-refractivity contribution in [3.05, 3.63) is 260 Å². The zero-order valence-corrected chi connectivity index (χ0v) is 40.4. The summed E-state index contributed by atoms with van der Waals surface area (Å²) in [4.78, 5) is 7.93. The molecule has 0 amide bonds. The van der Waals surface area contributed by atoms with E-state index in [4.69, 9.17) is 4.98 Å². The van der Waals surface area contributed by atoms with Crippen molar-refractivity contribution in [2.75, 3.05) is 4.90 Å². The van der Waals surface area contributed by atoms with Crippen LogP contribution < -0.4 is 4.90 Å². The second-order valence-corrected chi connectivity index (χ2v) is 19.9. The molecule has 4 heterocycles. The maximum absolute atomic E-state index is 5.45. The highest BCUT2D eigenvalue weighted by molar-refractivity contribution is 6.27. The van der Waals surface area contributed by atoms with E-state index in [1.165, 1.54) is 38.6 Å². The Kier molecular flexibility index (Phi) is 8.94. The Bertz CT molecular complexity index is 4580. The third kappa shape index (κ3) is 6.06. The summed E-state index contributed by atoms with van der Waals surface area (Å²) >= 11 is 0. The van der Waals surface area contributed by atoms with Crippen LogP contribution in [0.4, 0.5) is 17.1 Å². The van der Waals surface area contributed by atoms with E-state index in [1.54, 1.807) is 0 Å². The lowest BCUT2D eigenvalue weighted by molar-refractivity contribution is 0.633. The molecule has 11 aromatic carbocycles. The smallest absolute Gasteiger partial charge is 0.0786 e. The molecule has 0 bridgehead atoms. The van der Waals surface area contributed by atoms with Gasteiger partial charge in [-0.1, -0.05) is 147 Å². The normalized spacial score (nSPS) is 13.2. The minimum Gasteiger partial charge on any atom is -0.310 e. The third-order valence-electron chi connectivity index (χ3n) is 15.6. The predicted octanol–water partition coefficient (Wildman–Crippen LogP) is 17.9. The number of nitrogens with zero attached hydrogens (tertiary/aromatic N) is 5. The van der Waals surface area contributed by atoms with Crippen LogP contribution in [-0.4, -0.2) is 18.7 Å². The van der Waals surface area contributed by atoms with E-state index < -0.39 is 0 Å². The average Bonchev–Trinajstić information content (AvgIpc) is 3.78. The van der Waals surface area contributed by atoms with Gasteiger partial charge in [0.05, 0.1) is 50.0 Å². The van der Waals surface area contributed by atoms with Crippen LogP contribution in [0, 0.1) is 0 Å². The first-order valence-corrected chi connectivity index (χ1v) is 25.2. The summed E-state index contributed by atoms with van der Waals surface area (Å²) in [6, 6.07) is 89.2. The van der Waals surface area contributed by atoms with Crippen LogP contribution >= 0.6 is 0 Å². The van der Waals surface area contributed by atoms with E-state index in [-0.39, 0.29) is 5.41 Å². The second kappa shape index (κ2) is 15.8. The van der Waals surface area contributed by atoms with E-state index in [9.17, 15) is 0 Å². The van der Waals surface area contributed by atoms with E-state index in [2.05, 4.69) is 275 Å². The standard InChI is InChI=1S/C68H47N5/c1-68(2)57-30-14-17-33-61(57)70(44-21-6-3-7-22-44)64-41-55-52-39-47(73-59-31-15-12-27-49(59)50-28-13-16-32-60(50)73)36-37-48(52)53-42-65-66(43-54(53)51-29-20-38-69-67(51)56(55)40-58(64)68)72(46-25-10-5-11-26-46)63-35-19-18-34-62(63)71(65)45-23-8-4-9-24-45/h3-43H,1-2H3. The summed E-state index contributed by atoms with van der Waals surface area (Å²) in [5.41, 5.74) is 16.7. The first-order chi connectivity index (χ1) is 36.0. The number of pyridine rings is 1. The van der Waals surface area contributed by atoms with Crippen LogP contribution in [-0.2, 0) is 5.41 Å². The lowest BCUT2D eigenvalue weighted by Crippen LogP contribution is -2.30. The second-order valence-electron chi connectivity index (χ2n) is 19.9. The van der Waals surface area contributed by atoms with Gasteiger partial charge in [0, 0.05) is 55.9 Å². The number of benzene rings is 10. The highest BCUT2D eigenvalue weighted by atomic mass is 15.2. The molecular formula is C68H47N5. The highest BCUT2D eigenvalue weighted by Gasteiger charge is 2.37. The summed E-state index contributed by atoms with van der Waals surface area (Å²) in [6.45, 7) is 4.76. The predicted molar refractivity (Wildman–Crippen MR) is 307 cm³/mol. The molecule has 0 fully saturated rings. The molecule has 5 nitrogen and oxygen atoms in total. The number of aromatic nitrogens is 4. The zero-order valence-electron chi connectivity index (χ0n) is 40.4. The summed E-state index contributed by atoms with van der Waals surface area (Å²) in [6.07, 6.45) is 1.97. The number of hydrogen-bond donors (Lipinski definition) is 0. The summed E-state index contributed by atoms with van der Waals surface area (Å²) in [5, 5.41) is 10.3. The molecule has 0 saturated carbocycles. The Morgan fingerprint density at radius 1 is 0.288 bits per heavy atom. The first kappa shape index (κ1) is 41.3. The minimum atomic E-state index is -0.335. The van der Waals surface area contributed by atoms with E-state index >= 15 is 0 Å².